The summed E-state index contributed by atoms with van der Waals surface area (Å²) >= 11 is 1.66. The lowest BCUT2D eigenvalue weighted by Crippen LogP contribution is -2.39. The van der Waals surface area contributed by atoms with Gasteiger partial charge in [-0.15, -0.1) is 11.3 Å². The van der Waals surface area contributed by atoms with Crippen LogP contribution in [-0.2, 0) is 6.54 Å². The molecule has 1 heterocycles. The second-order valence-electron chi connectivity index (χ2n) is 5.21. The summed E-state index contributed by atoms with van der Waals surface area (Å²) in [6.07, 6.45) is 1.87. The first-order valence-electron chi connectivity index (χ1n) is 7.82. The average molecular weight is 332 g/mol. The van der Waals surface area contributed by atoms with E-state index < -0.39 is 0 Å². The van der Waals surface area contributed by atoms with Crippen molar-refractivity contribution < 1.29 is 5.11 Å². The van der Waals surface area contributed by atoms with Gasteiger partial charge in [-0.25, -0.2) is 9.98 Å². The number of aliphatic hydroxyl groups is 1. The zero-order valence-corrected chi connectivity index (χ0v) is 14.4. The van der Waals surface area contributed by atoms with Crippen molar-refractivity contribution in [2.24, 2.45) is 4.99 Å². The fraction of sp³-hybridized carbons (Fsp3) is 0.412. The van der Waals surface area contributed by atoms with Crippen LogP contribution in [0.25, 0.3) is 0 Å². The van der Waals surface area contributed by atoms with Gasteiger partial charge in [0.15, 0.2) is 5.96 Å². The van der Waals surface area contributed by atoms with E-state index in [1.807, 2.05) is 50.4 Å². The van der Waals surface area contributed by atoms with Gasteiger partial charge in [-0.3, -0.25) is 0 Å². The molecule has 0 aliphatic carbocycles. The zero-order chi connectivity index (χ0) is 16.5. The third-order valence-electron chi connectivity index (χ3n) is 3.41. The number of guanidine groups is 1. The Morgan fingerprint density at radius 2 is 2.09 bits per heavy atom. The number of nitrogens with one attached hydrogen (secondary N) is 2. The van der Waals surface area contributed by atoms with Crippen molar-refractivity contribution in [3.05, 3.63) is 52.0 Å². The van der Waals surface area contributed by atoms with Gasteiger partial charge in [0.1, 0.15) is 0 Å². The Labute approximate surface area is 141 Å². The Kier molecular flexibility index (Phi) is 7.03. The van der Waals surface area contributed by atoms with Gasteiger partial charge < -0.3 is 15.7 Å². The van der Waals surface area contributed by atoms with Gasteiger partial charge in [-0.2, -0.15) is 0 Å². The van der Waals surface area contributed by atoms with Crippen LogP contribution >= 0.6 is 11.3 Å². The number of rotatable bonds is 7. The van der Waals surface area contributed by atoms with Gasteiger partial charge in [0.25, 0.3) is 0 Å². The molecule has 0 aliphatic rings. The minimum Gasteiger partial charge on any atom is -0.396 e. The summed E-state index contributed by atoms with van der Waals surface area (Å²) < 4.78 is 0. The van der Waals surface area contributed by atoms with E-state index in [4.69, 9.17) is 0 Å². The second kappa shape index (κ2) is 9.27. The van der Waals surface area contributed by atoms with Crippen LogP contribution in [0.15, 0.2) is 41.5 Å². The molecule has 0 radical (unpaired) electrons. The van der Waals surface area contributed by atoms with Crippen LogP contribution < -0.4 is 10.6 Å². The lowest BCUT2D eigenvalue weighted by molar-refractivity contribution is 0.265. The third kappa shape index (κ3) is 5.65. The quantitative estimate of drug-likeness (QED) is 0.537. The summed E-state index contributed by atoms with van der Waals surface area (Å²) in [5.74, 6) is 0.804. The van der Waals surface area contributed by atoms with Gasteiger partial charge in [-0.1, -0.05) is 30.3 Å². The van der Waals surface area contributed by atoms with E-state index in [0.717, 1.165) is 28.0 Å². The molecular weight excluding hydrogens is 308 g/mol. The average Bonchev–Trinajstić information content (AvgIpc) is 2.99. The number of aromatic nitrogens is 1. The van der Waals surface area contributed by atoms with E-state index >= 15 is 0 Å². The maximum Gasteiger partial charge on any atom is 0.191 e. The number of aliphatic hydroxyl groups excluding tert-OH is 1. The van der Waals surface area contributed by atoms with Crippen molar-refractivity contribution in [3.63, 3.8) is 0 Å². The first-order chi connectivity index (χ1) is 11.2. The van der Waals surface area contributed by atoms with E-state index in [2.05, 4.69) is 20.6 Å². The third-order valence-corrected chi connectivity index (χ3v) is 4.31. The van der Waals surface area contributed by atoms with Gasteiger partial charge in [0.05, 0.1) is 18.2 Å². The fourth-order valence-corrected chi connectivity index (χ4v) is 2.93. The molecule has 0 saturated heterocycles. The van der Waals surface area contributed by atoms with E-state index in [0.29, 0.717) is 13.1 Å². The zero-order valence-electron chi connectivity index (χ0n) is 13.6. The smallest absolute Gasteiger partial charge is 0.191 e. The highest BCUT2D eigenvalue weighted by molar-refractivity contribution is 7.11. The standard InChI is InChI=1S/C17H24N4OS/c1-3-18-17(21-11-16-10-19-13(2)23-16)20-9-15(12-22)14-7-5-4-6-8-14/h4-8,10,15,22H,3,9,11-12H2,1-2H3,(H2,18,20,21). The van der Waals surface area contributed by atoms with Crippen LogP contribution in [0.3, 0.4) is 0 Å². The first kappa shape index (κ1) is 17.4. The molecule has 0 saturated carbocycles. The molecule has 0 bridgehead atoms. The molecule has 2 aromatic rings. The molecule has 1 unspecified atom stereocenters. The normalized spacial score (nSPS) is 12.9. The molecule has 2 rings (SSSR count). The Morgan fingerprint density at radius 1 is 1.30 bits per heavy atom. The maximum atomic E-state index is 9.63. The molecule has 0 spiro atoms. The van der Waals surface area contributed by atoms with Crippen molar-refractivity contribution in [1.82, 2.24) is 15.6 Å². The molecule has 124 valence electrons. The number of thiazole rings is 1. The Hall–Kier alpha value is -1.92. The van der Waals surface area contributed by atoms with E-state index in [-0.39, 0.29) is 12.5 Å². The number of hydrogen-bond acceptors (Lipinski definition) is 4. The Morgan fingerprint density at radius 3 is 2.70 bits per heavy atom. The van der Waals surface area contributed by atoms with Crippen molar-refractivity contribution >= 4 is 17.3 Å². The highest BCUT2D eigenvalue weighted by atomic mass is 32.1. The highest BCUT2D eigenvalue weighted by Gasteiger charge is 2.10. The van der Waals surface area contributed by atoms with E-state index in [1.54, 1.807) is 11.3 Å². The number of nitrogens with zero attached hydrogens (tertiary/aromatic N) is 2. The minimum absolute atomic E-state index is 0.0469. The topological polar surface area (TPSA) is 69.5 Å². The summed E-state index contributed by atoms with van der Waals surface area (Å²) in [6.45, 7) is 6.17. The molecule has 1 aromatic heterocycles. The van der Waals surface area contributed by atoms with Crippen LogP contribution in [0.5, 0.6) is 0 Å². The fourth-order valence-electron chi connectivity index (χ4n) is 2.21. The van der Waals surface area contributed by atoms with Crippen molar-refractivity contribution in [2.45, 2.75) is 26.3 Å². The number of aryl methyl sites for hydroxylation is 1. The largest absolute Gasteiger partial charge is 0.396 e. The van der Waals surface area contributed by atoms with Gasteiger partial charge >= 0.3 is 0 Å². The van der Waals surface area contributed by atoms with Crippen LogP contribution in [0.2, 0.25) is 0 Å². The molecule has 5 nitrogen and oxygen atoms in total. The molecule has 1 aromatic carbocycles. The molecule has 1 atom stereocenters. The summed E-state index contributed by atoms with van der Waals surface area (Å²) in [6, 6.07) is 10.0. The van der Waals surface area contributed by atoms with E-state index in [9.17, 15) is 5.11 Å². The first-order valence-corrected chi connectivity index (χ1v) is 8.63. The van der Waals surface area contributed by atoms with E-state index in [1.165, 1.54) is 0 Å². The number of hydrogen-bond donors (Lipinski definition) is 3. The minimum atomic E-state index is 0.0469. The highest BCUT2D eigenvalue weighted by Crippen LogP contribution is 2.14. The number of aliphatic imine (C=N–C) groups is 1. The van der Waals surface area contributed by atoms with Crippen LogP contribution in [0.4, 0.5) is 0 Å². The van der Waals surface area contributed by atoms with Crippen LogP contribution in [0, 0.1) is 6.92 Å². The monoisotopic (exact) mass is 332 g/mol. The molecule has 0 amide bonds. The molecule has 0 fully saturated rings. The lowest BCUT2D eigenvalue weighted by Gasteiger charge is -2.18. The molecule has 0 aliphatic heterocycles. The lowest BCUT2D eigenvalue weighted by atomic mass is 10.0. The predicted octanol–water partition coefficient (Wildman–Crippen LogP) is 2.28. The Bertz CT molecular complexity index is 612. The predicted molar refractivity (Wildman–Crippen MR) is 95.9 cm³/mol. The maximum absolute atomic E-state index is 9.63. The number of benzene rings is 1. The van der Waals surface area contributed by atoms with Gasteiger partial charge in [0, 0.05) is 30.1 Å². The summed E-state index contributed by atoms with van der Waals surface area (Å²) in [4.78, 5) is 9.96. The summed E-state index contributed by atoms with van der Waals surface area (Å²) in [5, 5.41) is 17.2. The summed E-state index contributed by atoms with van der Waals surface area (Å²) in [7, 11) is 0. The molecular formula is C17H24N4OS. The van der Waals surface area contributed by atoms with Gasteiger partial charge in [0.2, 0.25) is 0 Å². The van der Waals surface area contributed by atoms with Crippen LogP contribution in [-0.4, -0.2) is 35.7 Å². The Balaban J connectivity index is 1.95. The van der Waals surface area contributed by atoms with Gasteiger partial charge in [-0.05, 0) is 19.4 Å². The molecule has 23 heavy (non-hydrogen) atoms. The SMILES string of the molecule is CCNC(=NCc1cnc(C)s1)NCC(CO)c1ccccc1. The molecule has 3 N–H and O–H groups in total. The molecule has 6 heteroatoms. The van der Waals surface area contributed by atoms with Crippen molar-refractivity contribution in [3.8, 4) is 0 Å². The van der Waals surface area contributed by atoms with Crippen molar-refractivity contribution in [2.75, 3.05) is 19.7 Å². The van der Waals surface area contributed by atoms with Crippen molar-refractivity contribution in [1.29, 1.82) is 0 Å². The summed E-state index contributed by atoms with van der Waals surface area (Å²) in [5.41, 5.74) is 1.12. The van der Waals surface area contributed by atoms with Crippen LogP contribution in [0.1, 0.15) is 28.3 Å². The second-order valence-corrected chi connectivity index (χ2v) is 6.53.